The van der Waals surface area contributed by atoms with Gasteiger partial charge in [0, 0.05) is 6.04 Å². The van der Waals surface area contributed by atoms with Crippen LogP contribution in [-0.4, -0.2) is 45.2 Å². The molecule has 20 heavy (non-hydrogen) atoms. The Morgan fingerprint density at radius 3 is 2.65 bits per heavy atom. The number of ether oxygens (including phenoxy) is 1. The molecule has 0 fully saturated rings. The van der Waals surface area contributed by atoms with Gasteiger partial charge in [-0.1, -0.05) is 24.6 Å². The molecule has 3 heteroatoms. The van der Waals surface area contributed by atoms with Crippen molar-refractivity contribution >= 4 is 0 Å². The van der Waals surface area contributed by atoms with Gasteiger partial charge in [0.15, 0.2) is 0 Å². The standard InChI is InChI=1S/C17H30N2O/c1-6-10-18-16(9-11-19(3)4)13-15-12-14(2)7-8-17(15)20-5/h7-8,12,16,18H,6,9-11,13H2,1-5H3. The third-order valence-corrected chi connectivity index (χ3v) is 3.51. The fourth-order valence-electron chi connectivity index (χ4n) is 2.37. The lowest BCUT2D eigenvalue weighted by molar-refractivity contribution is 0.352. The molecule has 1 N–H and O–H groups in total. The third-order valence-electron chi connectivity index (χ3n) is 3.51. The summed E-state index contributed by atoms with van der Waals surface area (Å²) in [6.07, 6.45) is 3.35. The van der Waals surface area contributed by atoms with Crippen LogP contribution in [0.25, 0.3) is 0 Å². The molecule has 0 aliphatic heterocycles. The van der Waals surface area contributed by atoms with Crippen molar-refractivity contribution < 1.29 is 4.74 Å². The molecule has 0 aromatic heterocycles. The van der Waals surface area contributed by atoms with E-state index < -0.39 is 0 Å². The number of methoxy groups -OCH3 is 1. The average Bonchev–Trinajstić information content (AvgIpc) is 2.42. The summed E-state index contributed by atoms with van der Waals surface area (Å²) in [6.45, 7) is 6.53. The summed E-state index contributed by atoms with van der Waals surface area (Å²) in [5, 5.41) is 3.66. The molecular formula is C17H30N2O. The van der Waals surface area contributed by atoms with E-state index in [9.17, 15) is 0 Å². The Balaban J connectivity index is 2.73. The highest BCUT2D eigenvalue weighted by molar-refractivity contribution is 5.37. The zero-order chi connectivity index (χ0) is 15.0. The van der Waals surface area contributed by atoms with E-state index in [-0.39, 0.29) is 0 Å². The highest BCUT2D eigenvalue weighted by Crippen LogP contribution is 2.21. The van der Waals surface area contributed by atoms with Crippen LogP contribution in [0.4, 0.5) is 0 Å². The number of nitrogens with one attached hydrogen (secondary N) is 1. The zero-order valence-electron chi connectivity index (χ0n) is 13.7. The number of rotatable bonds is 9. The maximum absolute atomic E-state index is 5.49. The smallest absolute Gasteiger partial charge is 0.122 e. The van der Waals surface area contributed by atoms with Crippen molar-refractivity contribution in [3.8, 4) is 5.75 Å². The van der Waals surface area contributed by atoms with E-state index in [0.29, 0.717) is 6.04 Å². The van der Waals surface area contributed by atoms with Crippen molar-refractivity contribution in [1.29, 1.82) is 0 Å². The van der Waals surface area contributed by atoms with Gasteiger partial charge in [-0.25, -0.2) is 0 Å². The number of hydrogen-bond donors (Lipinski definition) is 1. The molecule has 1 aromatic carbocycles. The lowest BCUT2D eigenvalue weighted by atomic mass is 10.00. The molecule has 0 saturated heterocycles. The lowest BCUT2D eigenvalue weighted by Gasteiger charge is -2.22. The Bertz CT molecular complexity index is 391. The van der Waals surface area contributed by atoms with Crippen LogP contribution >= 0.6 is 0 Å². The van der Waals surface area contributed by atoms with Crippen LogP contribution < -0.4 is 10.1 Å². The first-order valence-corrected chi connectivity index (χ1v) is 7.58. The minimum absolute atomic E-state index is 0.507. The Morgan fingerprint density at radius 1 is 1.30 bits per heavy atom. The fourth-order valence-corrected chi connectivity index (χ4v) is 2.37. The second kappa shape index (κ2) is 8.98. The Morgan fingerprint density at radius 2 is 2.05 bits per heavy atom. The molecule has 0 amide bonds. The van der Waals surface area contributed by atoms with Gasteiger partial charge < -0.3 is 15.0 Å². The Labute approximate surface area is 124 Å². The lowest BCUT2D eigenvalue weighted by Crippen LogP contribution is -2.34. The average molecular weight is 278 g/mol. The minimum Gasteiger partial charge on any atom is -0.496 e. The highest BCUT2D eigenvalue weighted by atomic mass is 16.5. The fraction of sp³-hybridized carbons (Fsp3) is 0.647. The molecule has 1 unspecified atom stereocenters. The minimum atomic E-state index is 0.507. The van der Waals surface area contributed by atoms with Crippen LogP contribution in [-0.2, 0) is 6.42 Å². The zero-order valence-corrected chi connectivity index (χ0v) is 13.7. The molecule has 114 valence electrons. The number of nitrogens with zero attached hydrogens (tertiary/aromatic N) is 1. The van der Waals surface area contributed by atoms with Crippen LogP contribution in [0.5, 0.6) is 5.75 Å². The van der Waals surface area contributed by atoms with Gasteiger partial charge in [0.2, 0.25) is 0 Å². The summed E-state index contributed by atoms with van der Waals surface area (Å²) in [5.74, 6) is 1.00. The van der Waals surface area contributed by atoms with E-state index in [2.05, 4.69) is 56.4 Å². The van der Waals surface area contributed by atoms with E-state index in [0.717, 1.165) is 31.7 Å². The van der Waals surface area contributed by atoms with Gasteiger partial charge in [0.05, 0.1) is 7.11 Å². The van der Waals surface area contributed by atoms with Crippen molar-refractivity contribution in [2.45, 2.75) is 39.2 Å². The molecule has 0 bridgehead atoms. The van der Waals surface area contributed by atoms with Gasteiger partial charge in [-0.05, 0) is 65.0 Å². The summed E-state index contributed by atoms with van der Waals surface area (Å²) < 4.78 is 5.49. The molecule has 1 aromatic rings. The third kappa shape index (κ3) is 5.93. The van der Waals surface area contributed by atoms with Gasteiger partial charge in [0.25, 0.3) is 0 Å². The van der Waals surface area contributed by atoms with Crippen molar-refractivity contribution in [1.82, 2.24) is 10.2 Å². The number of benzene rings is 1. The highest BCUT2D eigenvalue weighted by Gasteiger charge is 2.12. The molecule has 0 radical (unpaired) electrons. The monoisotopic (exact) mass is 278 g/mol. The molecule has 0 aliphatic carbocycles. The van der Waals surface area contributed by atoms with Crippen molar-refractivity contribution in [3.05, 3.63) is 29.3 Å². The number of aryl methyl sites for hydroxylation is 1. The summed E-state index contributed by atoms with van der Waals surface area (Å²) >= 11 is 0. The summed E-state index contributed by atoms with van der Waals surface area (Å²) in [7, 11) is 6.01. The van der Waals surface area contributed by atoms with E-state index in [4.69, 9.17) is 4.74 Å². The van der Waals surface area contributed by atoms with Gasteiger partial charge in [0.1, 0.15) is 5.75 Å². The van der Waals surface area contributed by atoms with E-state index >= 15 is 0 Å². The first kappa shape index (κ1) is 17.0. The predicted octanol–water partition coefficient (Wildman–Crippen LogP) is 2.87. The van der Waals surface area contributed by atoms with Crippen LogP contribution in [0.2, 0.25) is 0 Å². The van der Waals surface area contributed by atoms with Crippen molar-refractivity contribution in [2.24, 2.45) is 0 Å². The van der Waals surface area contributed by atoms with Crippen LogP contribution in [0.15, 0.2) is 18.2 Å². The molecule has 0 spiro atoms. The maximum atomic E-state index is 5.49. The van der Waals surface area contributed by atoms with Gasteiger partial charge in [-0.15, -0.1) is 0 Å². The normalized spacial score (nSPS) is 12.7. The first-order valence-electron chi connectivity index (χ1n) is 7.58. The largest absolute Gasteiger partial charge is 0.496 e. The van der Waals surface area contributed by atoms with Gasteiger partial charge >= 0.3 is 0 Å². The van der Waals surface area contributed by atoms with Gasteiger partial charge in [-0.3, -0.25) is 0 Å². The maximum Gasteiger partial charge on any atom is 0.122 e. The molecular weight excluding hydrogens is 248 g/mol. The van der Waals surface area contributed by atoms with E-state index in [1.165, 1.54) is 17.5 Å². The summed E-state index contributed by atoms with van der Waals surface area (Å²) in [4.78, 5) is 2.24. The second-order valence-corrected chi connectivity index (χ2v) is 5.76. The van der Waals surface area contributed by atoms with Crippen LogP contribution in [0, 0.1) is 6.92 Å². The summed E-state index contributed by atoms with van der Waals surface area (Å²) in [6, 6.07) is 6.94. The summed E-state index contributed by atoms with van der Waals surface area (Å²) in [5.41, 5.74) is 2.60. The van der Waals surface area contributed by atoms with E-state index in [1.807, 2.05) is 0 Å². The van der Waals surface area contributed by atoms with Crippen LogP contribution in [0.3, 0.4) is 0 Å². The predicted molar refractivity (Wildman–Crippen MR) is 86.7 cm³/mol. The number of hydrogen-bond acceptors (Lipinski definition) is 3. The SMILES string of the molecule is CCCNC(CCN(C)C)Cc1cc(C)ccc1OC. The Kier molecular flexibility index (Phi) is 7.63. The first-order chi connectivity index (χ1) is 9.56. The van der Waals surface area contributed by atoms with Crippen molar-refractivity contribution in [3.63, 3.8) is 0 Å². The molecule has 1 rings (SSSR count). The molecule has 0 heterocycles. The Hall–Kier alpha value is -1.06. The van der Waals surface area contributed by atoms with Crippen LogP contribution in [0.1, 0.15) is 30.9 Å². The second-order valence-electron chi connectivity index (χ2n) is 5.76. The molecule has 1 atom stereocenters. The quantitative estimate of drug-likeness (QED) is 0.752. The van der Waals surface area contributed by atoms with Gasteiger partial charge in [-0.2, -0.15) is 0 Å². The van der Waals surface area contributed by atoms with Crippen molar-refractivity contribution in [2.75, 3.05) is 34.3 Å². The van der Waals surface area contributed by atoms with E-state index in [1.54, 1.807) is 7.11 Å². The molecule has 0 saturated carbocycles. The topological polar surface area (TPSA) is 24.5 Å². The molecule has 3 nitrogen and oxygen atoms in total. The molecule has 0 aliphatic rings.